The first kappa shape index (κ1) is 14.4. The van der Waals surface area contributed by atoms with E-state index in [1.54, 1.807) is 7.11 Å². The number of carbonyl (C=O) groups is 1. The van der Waals surface area contributed by atoms with Crippen molar-refractivity contribution in [2.75, 3.05) is 33.4 Å². The molecule has 3 rings (SSSR count). The van der Waals surface area contributed by atoms with Crippen LogP contribution in [0.25, 0.3) is 0 Å². The summed E-state index contributed by atoms with van der Waals surface area (Å²) in [6.07, 6.45) is 2.07. The van der Waals surface area contributed by atoms with E-state index in [0.717, 1.165) is 37.2 Å². The molecule has 0 saturated carbocycles. The normalized spacial score (nSPS) is 26.1. The average Bonchev–Trinajstić information content (AvgIpc) is 2.52. The molecule has 2 fully saturated rings. The summed E-state index contributed by atoms with van der Waals surface area (Å²) in [5.41, 5.74) is 0.894. The van der Waals surface area contributed by atoms with Gasteiger partial charge in [-0.1, -0.05) is 12.1 Å². The average molecular weight is 290 g/mol. The molecule has 0 aromatic heterocycles. The van der Waals surface area contributed by atoms with Crippen LogP contribution < -0.4 is 10.1 Å². The van der Waals surface area contributed by atoms with Crippen LogP contribution in [0.5, 0.6) is 5.75 Å². The van der Waals surface area contributed by atoms with Crippen molar-refractivity contribution in [3.8, 4) is 5.75 Å². The molecule has 1 spiro atoms. The lowest BCUT2D eigenvalue weighted by molar-refractivity contribution is -0.161. The number of amides is 1. The van der Waals surface area contributed by atoms with Crippen molar-refractivity contribution in [2.24, 2.45) is 0 Å². The third-order valence-electron chi connectivity index (χ3n) is 4.39. The first-order chi connectivity index (χ1) is 10.2. The number of carbonyl (C=O) groups excluding carboxylic acids is 1. The number of piperidine rings is 1. The maximum atomic E-state index is 12.4. The minimum absolute atomic E-state index is 0.0766. The number of ether oxygens (including phenoxy) is 2. The van der Waals surface area contributed by atoms with Gasteiger partial charge in [0, 0.05) is 13.1 Å². The summed E-state index contributed by atoms with van der Waals surface area (Å²) in [4.78, 5) is 14.4. The third kappa shape index (κ3) is 2.89. The molecule has 21 heavy (non-hydrogen) atoms. The Morgan fingerprint density at radius 2 is 2.38 bits per heavy atom. The van der Waals surface area contributed by atoms with Gasteiger partial charge in [-0.25, -0.2) is 0 Å². The van der Waals surface area contributed by atoms with Gasteiger partial charge < -0.3 is 19.7 Å². The number of benzene rings is 1. The van der Waals surface area contributed by atoms with E-state index in [4.69, 9.17) is 9.47 Å². The van der Waals surface area contributed by atoms with Gasteiger partial charge in [-0.2, -0.15) is 0 Å². The van der Waals surface area contributed by atoms with Crippen LogP contribution in [0.15, 0.2) is 24.3 Å². The summed E-state index contributed by atoms with van der Waals surface area (Å²) in [5.74, 6) is 0.900. The number of rotatable bonds is 3. The van der Waals surface area contributed by atoms with Crippen LogP contribution in [0.2, 0.25) is 0 Å². The van der Waals surface area contributed by atoms with Crippen molar-refractivity contribution in [1.82, 2.24) is 10.2 Å². The van der Waals surface area contributed by atoms with Gasteiger partial charge in [-0.3, -0.25) is 4.79 Å². The highest BCUT2D eigenvalue weighted by Crippen LogP contribution is 2.30. The Labute approximate surface area is 125 Å². The van der Waals surface area contributed by atoms with Crippen LogP contribution in [0.4, 0.5) is 0 Å². The van der Waals surface area contributed by atoms with Crippen LogP contribution in [0.1, 0.15) is 18.4 Å². The van der Waals surface area contributed by atoms with Crippen LogP contribution in [-0.4, -0.2) is 49.8 Å². The highest BCUT2D eigenvalue weighted by atomic mass is 16.5. The number of hydrogen-bond acceptors (Lipinski definition) is 4. The van der Waals surface area contributed by atoms with Gasteiger partial charge in [0.2, 0.25) is 5.91 Å². The van der Waals surface area contributed by atoms with Gasteiger partial charge >= 0.3 is 0 Å². The van der Waals surface area contributed by atoms with Gasteiger partial charge in [0.1, 0.15) is 12.4 Å². The smallest absolute Gasteiger partial charge is 0.249 e. The molecule has 0 radical (unpaired) electrons. The van der Waals surface area contributed by atoms with Gasteiger partial charge in [0.25, 0.3) is 0 Å². The largest absolute Gasteiger partial charge is 0.497 e. The molecule has 2 aliphatic rings. The van der Waals surface area contributed by atoms with Crippen LogP contribution in [0.3, 0.4) is 0 Å². The summed E-state index contributed by atoms with van der Waals surface area (Å²) >= 11 is 0. The molecule has 1 aromatic carbocycles. The molecule has 1 aromatic rings. The molecule has 5 nitrogen and oxygen atoms in total. The first-order valence-corrected chi connectivity index (χ1v) is 7.45. The van der Waals surface area contributed by atoms with Crippen LogP contribution in [0, 0.1) is 0 Å². The Kier molecular flexibility index (Phi) is 4.12. The van der Waals surface area contributed by atoms with E-state index in [1.807, 2.05) is 29.2 Å². The second kappa shape index (κ2) is 6.03. The van der Waals surface area contributed by atoms with Gasteiger partial charge in [-0.05, 0) is 37.1 Å². The second-order valence-electron chi connectivity index (χ2n) is 5.83. The maximum Gasteiger partial charge on any atom is 0.249 e. The molecule has 0 bridgehead atoms. The van der Waals surface area contributed by atoms with Crippen molar-refractivity contribution < 1.29 is 14.3 Å². The fourth-order valence-corrected chi connectivity index (χ4v) is 3.26. The minimum atomic E-state index is -0.198. The lowest BCUT2D eigenvalue weighted by Crippen LogP contribution is -2.65. The number of nitrogens with one attached hydrogen (secondary N) is 1. The molecule has 1 unspecified atom stereocenters. The lowest BCUT2D eigenvalue weighted by Gasteiger charge is -2.49. The zero-order valence-corrected chi connectivity index (χ0v) is 12.4. The summed E-state index contributed by atoms with van der Waals surface area (Å²) in [6, 6.07) is 7.91. The third-order valence-corrected chi connectivity index (χ3v) is 4.39. The van der Waals surface area contributed by atoms with E-state index in [9.17, 15) is 4.79 Å². The highest BCUT2D eigenvalue weighted by molar-refractivity contribution is 5.79. The summed E-state index contributed by atoms with van der Waals surface area (Å²) in [5, 5.41) is 3.41. The first-order valence-electron chi connectivity index (χ1n) is 7.45. The summed E-state index contributed by atoms with van der Waals surface area (Å²) in [7, 11) is 1.66. The molecule has 2 saturated heterocycles. The van der Waals surface area contributed by atoms with E-state index < -0.39 is 0 Å². The van der Waals surface area contributed by atoms with Crippen LogP contribution in [-0.2, 0) is 16.1 Å². The number of morpholine rings is 1. The molecule has 2 aliphatic heterocycles. The van der Waals surface area contributed by atoms with Crippen LogP contribution >= 0.6 is 0 Å². The molecule has 1 atom stereocenters. The van der Waals surface area contributed by atoms with Crippen molar-refractivity contribution in [3.05, 3.63) is 29.8 Å². The molecule has 1 N–H and O–H groups in total. The topological polar surface area (TPSA) is 50.8 Å². The van der Waals surface area contributed by atoms with Gasteiger partial charge in [0.15, 0.2) is 0 Å². The monoisotopic (exact) mass is 290 g/mol. The zero-order chi connectivity index (χ0) is 14.7. The maximum absolute atomic E-state index is 12.4. The van der Waals surface area contributed by atoms with Crippen molar-refractivity contribution in [2.45, 2.75) is 24.9 Å². The summed E-state index contributed by atoms with van der Waals surface area (Å²) in [6.45, 7) is 3.24. The molecule has 5 heteroatoms. The fourth-order valence-electron chi connectivity index (χ4n) is 3.26. The van der Waals surface area contributed by atoms with Crippen molar-refractivity contribution >= 4 is 5.91 Å². The Morgan fingerprint density at radius 3 is 3.14 bits per heavy atom. The number of hydrogen-bond donors (Lipinski definition) is 1. The predicted molar refractivity (Wildman–Crippen MR) is 79.2 cm³/mol. The molecule has 114 valence electrons. The van der Waals surface area contributed by atoms with Crippen molar-refractivity contribution in [1.29, 1.82) is 0 Å². The summed E-state index contributed by atoms with van der Waals surface area (Å²) < 4.78 is 10.8. The zero-order valence-electron chi connectivity index (χ0n) is 12.4. The molecule has 2 heterocycles. The van der Waals surface area contributed by atoms with E-state index in [1.165, 1.54) is 0 Å². The number of nitrogens with zero attached hydrogens (tertiary/aromatic N) is 1. The minimum Gasteiger partial charge on any atom is -0.497 e. The van der Waals surface area contributed by atoms with Crippen molar-refractivity contribution in [3.63, 3.8) is 0 Å². The van der Waals surface area contributed by atoms with Gasteiger partial charge in [-0.15, -0.1) is 0 Å². The standard InChI is InChI=1S/C16H22N2O3/c1-20-14-5-2-4-13(8-14)9-18-15(19)10-21-12-16(18)6-3-7-17-11-16/h2,4-5,8,17H,3,6-7,9-12H2,1H3. The number of methoxy groups -OCH3 is 1. The van der Waals surface area contributed by atoms with E-state index in [2.05, 4.69) is 5.32 Å². The highest BCUT2D eigenvalue weighted by Gasteiger charge is 2.43. The SMILES string of the molecule is COc1cccc(CN2C(=O)COCC23CCCNC3)c1. The molecule has 0 aliphatic carbocycles. The Bertz CT molecular complexity index is 506. The Morgan fingerprint density at radius 1 is 1.48 bits per heavy atom. The van der Waals surface area contributed by atoms with E-state index in [-0.39, 0.29) is 18.1 Å². The molecular weight excluding hydrogens is 268 g/mol. The Balaban J connectivity index is 1.83. The second-order valence-corrected chi connectivity index (χ2v) is 5.83. The lowest BCUT2D eigenvalue weighted by atomic mass is 9.87. The fraction of sp³-hybridized carbons (Fsp3) is 0.562. The van der Waals surface area contributed by atoms with Gasteiger partial charge in [0.05, 0.1) is 19.3 Å². The molecule has 1 amide bonds. The predicted octanol–water partition coefficient (Wildman–Crippen LogP) is 1.18. The van der Waals surface area contributed by atoms with E-state index >= 15 is 0 Å². The Hall–Kier alpha value is -1.59. The molecular formula is C16H22N2O3. The van der Waals surface area contributed by atoms with E-state index in [0.29, 0.717) is 13.2 Å². The quantitative estimate of drug-likeness (QED) is 0.908.